The highest BCUT2D eigenvalue weighted by Crippen LogP contribution is 2.43. The van der Waals surface area contributed by atoms with Crippen LogP contribution >= 0.6 is 11.8 Å². The Morgan fingerprint density at radius 3 is 2.47 bits per heavy atom. The third kappa shape index (κ3) is 4.24. The summed E-state index contributed by atoms with van der Waals surface area (Å²) in [6, 6.07) is 5.11. The third-order valence-electron chi connectivity index (χ3n) is 5.89. The topological polar surface area (TPSA) is 84.0 Å². The number of ether oxygens (including phenoxy) is 1. The molecule has 1 aromatic carbocycles. The minimum Gasteiger partial charge on any atom is -0.466 e. The Labute approximate surface area is 182 Å². The van der Waals surface area contributed by atoms with Crippen molar-refractivity contribution in [1.82, 2.24) is 4.31 Å². The lowest BCUT2D eigenvalue weighted by Gasteiger charge is -2.34. The minimum atomic E-state index is -3.69. The van der Waals surface area contributed by atoms with Crippen molar-refractivity contribution in [2.75, 3.05) is 31.1 Å². The largest absolute Gasteiger partial charge is 0.466 e. The molecule has 7 nitrogen and oxygen atoms in total. The number of esters is 1. The van der Waals surface area contributed by atoms with Crippen molar-refractivity contribution in [3.05, 3.63) is 18.2 Å². The fourth-order valence-electron chi connectivity index (χ4n) is 4.08. The molecule has 0 bridgehead atoms. The monoisotopic (exact) mass is 452 g/mol. The van der Waals surface area contributed by atoms with Gasteiger partial charge in [0.2, 0.25) is 15.9 Å². The van der Waals surface area contributed by atoms with E-state index in [1.165, 1.54) is 4.31 Å². The predicted molar refractivity (Wildman–Crippen MR) is 115 cm³/mol. The van der Waals surface area contributed by atoms with Gasteiger partial charge in [0.25, 0.3) is 0 Å². The van der Waals surface area contributed by atoms with E-state index in [4.69, 9.17) is 4.74 Å². The molecule has 3 aliphatic rings. The number of carbonyl (C=O) groups is 2. The summed E-state index contributed by atoms with van der Waals surface area (Å²) in [6.45, 7) is 5.36. The van der Waals surface area contributed by atoms with Gasteiger partial charge in [-0.3, -0.25) is 9.59 Å². The van der Waals surface area contributed by atoms with Crippen LogP contribution in [0.25, 0.3) is 0 Å². The number of fused-ring (bicyclic) bond motifs is 1. The standard InChI is InChI=1S/C21H28N2O5S2/c1-3-28-21(25)16-8-10-22(11-9-16)30(26,27)17-6-7-19-18(12-17)23(13-14(2)29-19)20(24)15-4-5-15/h6-7,12,14-16H,3-5,8-11,13H2,1-2H3/t14-/m1/s1. The fraction of sp³-hybridized carbons (Fsp3) is 0.619. The van der Waals surface area contributed by atoms with Crippen LogP contribution in [0, 0.1) is 11.8 Å². The molecule has 0 radical (unpaired) electrons. The Morgan fingerprint density at radius 2 is 1.83 bits per heavy atom. The Hall–Kier alpha value is -1.58. The number of piperidine rings is 1. The van der Waals surface area contributed by atoms with Gasteiger partial charge in [-0.15, -0.1) is 11.8 Å². The zero-order valence-corrected chi connectivity index (χ0v) is 19.0. The molecule has 2 fully saturated rings. The van der Waals surface area contributed by atoms with Gasteiger partial charge in [-0.05, 0) is 50.8 Å². The number of thioether (sulfide) groups is 1. The Morgan fingerprint density at radius 1 is 1.13 bits per heavy atom. The van der Waals surface area contributed by atoms with E-state index >= 15 is 0 Å². The maximum Gasteiger partial charge on any atom is 0.309 e. The lowest BCUT2D eigenvalue weighted by molar-refractivity contribution is -0.149. The van der Waals surface area contributed by atoms with Crippen LogP contribution in [0.1, 0.15) is 39.5 Å². The maximum absolute atomic E-state index is 13.3. The first kappa shape index (κ1) is 21.6. The molecule has 0 spiro atoms. The second-order valence-electron chi connectivity index (χ2n) is 8.21. The molecular weight excluding hydrogens is 424 g/mol. The van der Waals surface area contributed by atoms with Gasteiger partial charge in [0, 0.05) is 35.7 Å². The van der Waals surface area contributed by atoms with E-state index in [1.54, 1.807) is 35.7 Å². The second kappa shape index (κ2) is 8.51. The molecule has 1 atom stereocenters. The molecular formula is C21H28N2O5S2. The number of sulfonamides is 1. The lowest BCUT2D eigenvalue weighted by atomic mass is 9.98. The minimum absolute atomic E-state index is 0.0790. The van der Waals surface area contributed by atoms with Crippen molar-refractivity contribution in [3.8, 4) is 0 Å². The van der Waals surface area contributed by atoms with Gasteiger partial charge >= 0.3 is 5.97 Å². The number of benzene rings is 1. The first-order valence-corrected chi connectivity index (χ1v) is 12.9. The van der Waals surface area contributed by atoms with Crippen LogP contribution in [0.2, 0.25) is 0 Å². The van der Waals surface area contributed by atoms with Gasteiger partial charge in [0.05, 0.1) is 23.1 Å². The molecule has 1 aromatic rings. The van der Waals surface area contributed by atoms with E-state index in [0.29, 0.717) is 44.8 Å². The van der Waals surface area contributed by atoms with Gasteiger partial charge in [0.1, 0.15) is 0 Å². The molecule has 1 aliphatic carbocycles. The zero-order valence-electron chi connectivity index (χ0n) is 17.4. The highest BCUT2D eigenvalue weighted by atomic mass is 32.2. The Kier molecular flexibility index (Phi) is 6.14. The summed E-state index contributed by atoms with van der Waals surface area (Å²) in [4.78, 5) is 27.7. The molecule has 2 aliphatic heterocycles. The number of rotatable bonds is 5. The SMILES string of the molecule is CCOC(=O)C1CCN(S(=O)(=O)c2ccc3c(c2)N(C(=O)C2CC2)C[C@@H](C)S3)CC1. The van der Waals surface area contributed by atoms with Gasteiger partial charge in [-0.25, -0.2) is 8.42 Å². The van der Waals surface area contributed by atoms with Gasteiger partial charge in [-0.2, -0.15) is 4.31 Å². The number of amides is 1. The first-order valence-electron chi connectivity index (χ1n) is 10.6. The van der Waals surface area contributed by atoms with Crippen LogP contribution in [0.5, 0.6) is 0 Å². The Bertz CT molecular complexity index is 937. The van der Waals surface area contributed by atoms with Crippen LogP contribution in [0.15, 0.2) is 28.0 Å². The summed E-state index contributed by atoms with van der Waals surface area (Å²) in [5.41, 5.74) is 0.706. The van der Waals surface area contributed by atoms with Crippen molar-refractivity contribution < 1.29 is 22.7 Å². The Balaban J connectivity index is 1.55. The summed E-state index contributed by atoms with van der Waals surface area (Å²) in [5.74, 6) is -0.309. The molecule has 2 heterocycles. The average molecular weight is 453 g/mol. The van der Waals surface area contributed by atoms with Crippen molar-refractivity contribution in [2.45, 2.75) is 54.6 Å². The van der Waals surface area contributed by atoms with E-state index in [2.05, 4.69) is 6.92 Å². The molecule has 0 N–H and O–H groups in total. The molecule has 4 rings (SSSR count). The van der Waals surface area contributed by atoms with Gasteiger partial charge in [-0.1, -0.05) is 6.92 Å². The van der Waals surface area contributed by atoms with Crippen LogP contribution < -0.4 is 4.90 Å². The molecule has 9 heteroatoms. The second-order valence-corrected chi connectivity index (χ2v) is 11.6. The fourth-order valence-corrected chi connectivity index (χ4v) is 6.66. The van der Waals surface area contributed by atoms with Crippen LogP contribution in [-0.2, 0) is 24.3 Å². The zero-order chi connectivity index (χ0) is 21.5. The average Bonchev–Trinajstić information content (AvgIpc) is 3.58. The number of anilines is 1. The molecule has 0 aromatic heterocycles. The number of nitrogens with zero attached hydrogens (tertiary/aromatic N) is 2. The molecule has 30 heavy (non-hydrogen) atoms. The third-order valence-corrected chi connectivity index (χ3v) is 8.94. The quantitative estimate of drug-likeness (QED) is 0.639. The highest BCUT2D eigenvalue weighted by molar-refractivity contribution is 8.00. The van der Waals surface area contributed by atoms with Crippen molar-refractivity contribution in [2.24, 2.45) is 11.8 Å². The van der Waals surface area contributed by atoms with Crippen molar-refractivity contribution in [1.29, 1.82) is 0 Å². The van der Waals surface area contributed by atoms with E-state index in [1.807, 2.05) is 6.07 Å². The predicted octanol–water partition coefficient (Wildman–Crippen LogP) is 2.89. The maximum atomic E-state index is 13.3. The van der Waals surface area contributed by atoms with Crippen molar-refractivity contribution in [3.63, 3.8) is 0 Å². The molecule has 1 saturated heterocycles. The number of hydrogen-bond acceptors (Lipinski definition) is 6. The molecule has 1 saturated carbocycles. The first-order chi connectivity index (χ1) is 14.3. The van der Waals surface area contributed by atoms with Crippen molar-refractivity contribution >= 4 is 39.3 Å². The van der Waals surface area contributed by atoms with E-state index in [-0.39, 0.29) is 33.9 Å². The van der Waals surface area contributed by atoms with Crippen LogP contribution in [0.3, 0.4) is 0 Å². The normalized spacial score (nSPS) is 23.1. The summed E-state index contributed by atoms with van der Waals surface area (Å²) < 4.78 is 33.0. The summed E-state index contributed by atoms with van der Waals surface area (Å²) >= 11 is 1.67. The number of hydrogen-bond donors (Lipinski definition) is 0. The summed E-state index contributed by atoms with van der Waals surface area (Å²) in [5, 5.41) is 0.268. The molecule has 164 valence electrons. The summed E-state index contributed by atoms with van der Waals surface area (Å²) in [6.07, 6.45) is 2.75. The lowest BCUT2D eigenvalue weighted by Crippen LogP contribution is -2.41. The smallest absolute Gasteiger partial charge is 0.309 e. The highest BCUT2D eigenvalue weighted by Gasteiger charge is 2.38. The molecule has 0 unspecified atom stereocenters. The molecule has 1 amide bonds. The van der Waals surface area contributed by atoms with Gasteiger partial charge < -0.3 is 9.64 Å². The van der Waals surface area contributed by atoms with E-state index in [0.717, 1.165) is 17.7 Å². The number of carbonyl (C=O) groups excluding carboxylic acids is 2. The van der Waals surface area contributed by atoms with E-state index < -0.39 is 10.0 Å². The van der Waals surface area contributed by atoms with Gasteiger partial charge in [0.15, 0.2) is 0 Å². The van der Waals surface area contributed by atoms with Crippen LogP contribution in [0.4, 0.5) is 5.69 Å². The summed E-state index contributed by atoms with van der Waals surface area (Å²) in [7, 11) is -3.69. The van der Waals surface area contributed by atoms with Crippen LogP contribution in [-0.4, -0.2) is 56.1 Å². The van der Waals surface area contributed by atoms with E-state index in [9.17, 15) is 18.0 Å².